The lowest BCUT2D eigenvalue weighted by Crippen LogP contribution is -2.31. The van der Waals surface area contributed by atoms with Gasteiger partial charge in [0.1, 0.15) is 5.75 Å². The normalized spacial score (nSPS) is 17.4. The third kappa shape index (κ3) is 3.31. The molecular formula is C16H24N2O2. The van der Waals surface area contributed by atoms with Gasteiger partial charge in [0, 0.05) is 19.6 Å². The standard InChI is InChI=1S/C16H24N2O2/c1-4-18(3)16(19)11-20-13-9-8-12-6-5-7-15(17-2)14(12)10-13/h8-10,15,17H,4-7,11H2,1-3H3. The number of hydrogen-bond acceptors (Lipinski definition) is 3. The van der Waals surface area contributed by atoms with Crippen molar-refractivity contribution in [2.45, 2.75) is 32.2 Å². The van der Waals surface area contributed by atoms with Crippen LogP contribution in [0.5, 0.6) is 5.75 Å². The molecule has 1 aliphatic carbocycles. The molecule has 0 aromatic heterocycles. The first-order chi connectivity index (χ1) is 9.65. The average molecular weight is 276 g/mol. The van der Waals surface area contributed by atoms with Crippen molar-refractivity contribution < 1.29 is 9.53 Å². The van der Waals surface area contributed by atoms with E-state index in [9.17, 15) is 4.79 Å². The first-order valence-corrected chi connectivity index (χ1v) is 7.32. The van der Waals surface area contributed by atoms with Crippen LogP contribution in [-0.2, 0) is 11.2 Å². The summed E-state index contributed by atoms with van der Waals surface area (Å²) in [5, 5.41) is 3.35. The van der Waals surface area contributed by atoms with Crippen molar-refractivity contribution in [3.63, 3.8) is 0 Å². The van der Waals surface area contributed by atoms with E-state index in [2.05, 4.69) is 17.4 Å². The molecule has 0 fully saturated rings. The van der Waals surface area contributed by atoms with E-state index in [4.69, 9.17) is 4.74 Å². The summed E-state index contributed by atoms with van der Waals surface area (Å²) >= 11 is 0. The Kier molecular flexibility index (Phi) is 5.01. The number of amides is 1. The lowest BCUT2D eigenvalue weighted by molar-refractivity contribution is -0.131. The Bertz CT molecular complexity index is 474. The van der Waals surface area contributed by atoms with Crippen molar-refractivity contribution in [3.05, 3.63) is 29.3 Å². The number of carbonyl (C=O) groups is 1. The van der Waals surface area contributed by atoms with Crippen molar-refractivity contribution in [3.8, 4) is 5.75 Å². The lowest BCUT2D eigenvalue weighted by Gasteiger charge is -2.25. The van der Waals surface area contributed by atoms with Crippen LogP contribution in [0.25, 0.3) is 0 Å². The largest absolute Gasteiger partial charge is 0.484 e. The van der Waals surface area contributed by atoms with E-state index in [1.165, 1.54) is 17.5 Å². The van der Waals surface area contributed by atoms with Gasteiger partial charge in [-0.1, -0.05) is 6.07 Å². The maximum atomic E-state index is 11.7. The zero-order valence-electron chi connectivity index (χ0n) is 12.6. The van der Waals surface area contributed by atoms with Gasteiger partial charge in [-0.2, -0.15) is 0 Å². The van der Waals surface area contributed by atoms with Gasteiger partial charge in [-0.25, -0.2) is 0 Å². The van der Waals surface area contributed by atoms with Gasteiger partial charge in [0.15, 0.2) is 6.61 Å². The number of fused-ring (bicyclic) bond motifs is 1. The van der Waals surface area contributed by atoms with Crippen molar-refractivity contribution in [1.29, 1.82) is 0 Å². The number of nitrogens with one attached hydrogen (secondary N) is 1. The van der Waals surface area contributed by atoms with Gasteiger partial charge in [0.25, 0.3) is 5.91 Å². The number of carbonyl (C=O) groups excluding carboxylic acids is 1. The van der Waals surface area contributed by atoms with Gasteiger partial charge in [-0.15, -0.1) is 0 Å². The van der Waals surface area contributed by atoms with E-state index >= 15 is 0 Å². The van der Waals surface area contributed by atoms with Crippen LogP contribution in [0, 0.1) is 0 Å². The molecule has 0 saturated heterocycles. The highest BCUT2D eigenvalue weighted by Gasteiger charge is 2.19. The molecule has 1 aromatic carbocycles. The zero-order chi connectivity index (χ0) is 14.5. The Morgan fingerprint density at radius 3 is 3.00 bits per heavy atom. The predicted molar refractivity (Wildman–Crippen MR) is 80.0 cm³/mol. The topological polar surface area (TPSA) is 41.6 Å². The average Bonchev–Trinajstić information content (AvgIpc) is 2.50. The molecule has 4 nitrogen and oxygen atoms in total. The summed E-state index contributed by atoms with van der Waals surface area (Å²) in [6.07, 6.45) is 3.51. The molecular weight excluding hydrogens is 252 g/mol. The van der Waals surface area contributed by atoms with Crippen LogP contribution < -0.4 is 10.1 Å². The van der Waals surface area contributed by atoms with Gasteiger partial charge in [-0.3, -0.25) is 4.79 Å². The maximum absolute atomic E-state index is 11.7. The summed E-state index contributed by atoms with van der Waals surface area (Å²) in [5.41, 5.74) is 2.70. The van der Waals surface area contributed by atoms with Crippen LogP contribution in [0.4, 0.5) is 0 Å². The highest BCUT2D eigenvalue weighted by Crippen LogP contribution is 2.32. The molecule has 0 radical (unpaired) electrons. The number of likely N-dealkylation sites (N-methyl/N-ethyl adjacent to an activating group) is 1. The summed E-state index contributed by atoms with van der Waals surface area (Å²) < 4.78 is 5.63. The minimum Gasteiger partial charge on any atom is -0.484 e. The lowest BCUT2D eigenvalue weighted by atomic mass is 9.87. The van der Waals surface area contributed by atoms with Crippen molar-refractivity contribution >= 4 is 5.91 Å². The third-order valence-corrected chi connectivity index (χ3v) is 4.04. The van der Waals surface area contributed by atoms with Gasteiger partial charge >= 0.3 is 0 Å². The molecule has 0 heterocycles. The Labute approximate surface area is 121 Å². The molecule has 1 aromatic rings. The fourth-order valence-corrected chi connectivity index (χ4v) is 2.60. The molecule has 0 spiro atoms. The molecule has 0 aliphatic heterocycles. The van der Waals surface area contributed by atoms with Crippen LogP contribution in [0.15, 0.2) is 18.2 Å². The molecule has 1 aliphatic rings. The smallest absolute Gasteiger partial charge is 0.260 e. The van der Waals surface area contributed by atoms with Crippen molar-refractivity contribution in [2.75, 3.05) is 27.2 Å². The molecule has 2 rings (SSSR count). The second-order valence-corrected chi connectivity index (χ2v) is 5.29. The molecule has 1 atom stereocenters. The SMILES string of the molecule is CCN(C)C(=O)COc1ccc2c(c1)C(NC)CCC2. The third-order valence-electron chi connectivity index (χ3n) is 4.04. The van der Waals surface area contributed by atoms with E-state index in [0.717, 1.165) is 18.6 Å². The van der Waals surface area contributed by atoms with Crippen molar-refractivity contribution in [1.82, 2.24) is 10.2 Å². The fourth-order valence-electron chi connectivity index (χ4n) is 2.60. The first kappa shape index (κ1) is 14.9. The first-order valence-electron chi connectivity index (χ1n) is 7.32. The maximum Gasteiger partial charge on any atom is 0.260 e. The number of ether oxygens (including phenoxy) is 1. The van der Waals surface area contributed by atoms with Gasteiger partial charge in [0.2, 0.25) is 0 Å². The van der Waals surface area contributed by atoms with E-state index in [1.807, 2.05) is 20.0 Å². The predicted octanol–water partition coefficient (Wildman–Crippen LogP) is 2.14. The number of rotatable bonds is 5. The Morgan fingerprint density at radius 1 is 1.50 bits per heavy atom. The van der Waals surface area contributed by atoms with Crippen LogP contribution in [0.2, 0.25) is 0 Å². The van der Waals surface area contributed by atoms with E-state index in [1.54, 1.807) is 11.9 Å². The molecule has 1 N–H and O–H groups in total. The van der Waals surface area contributed by atoms with Crippen molar-refractivity contribution in [2.24, 2.45) is 0 Å². The van der Waals surface area contributed by atoms with E-state index in [-0.39, 0.29) is 12.5 Å². The molecule has 110 valence electrons. The summed E-state index contributed by atoms with van der Waals surface area (Å²) in [7, 11) is 3.78. The summed E-state index contributed by atoms with van der Waals surface area (Å²) in [4.78, 5) is 13.4. The molecule has 0 saturated carbocycles. The fraction of sp³-hybridized carbons (Fsp3) is 0.562. The summed E-state index contributed by atoms with van der Waals surface area (Å²) in [6.45, 7) is 2.76. The number of hydrogen-bond donors (Lipinski definition) is 1. The minimum atomic E-state index is 0.00962. The monoisotopic (exact) mass is 276 g/mol. The van der Waals surface area contributed by atoms with Gasteiger partial charge in [-0.05, 0) is 56.5 Å². The quantitative estimate of drug-likeness (QED) is 0.896. The van der Waals surface area contributed by atoms with E-state index in [0.29, 0.717) is 12.6 Å². The number of aryl methyl sites for hydroxylation is 1. The minimum absolute atomic E-state index is 0.00962. The van der Waals surface area contributed by atoms with Crippen LogP contribution in [0.1, 0.15) is 36.9 Å². The van der Waals surface area contributed by atoms with Crippen LogP contribution in [0.3, 0.4) is 0 Å². The zero-order valence-corrected chi connectivity index (χ0v) is 12.6. The Morgan fingerprint density at radius 2 is 2.30 bits per heavy atom. The highest BCUT2D eigenvalue weighted by molar-refractivity contribution is 5.77. The Hall–Kier alpha value is -1.55. The molecule has 0 bridgehead atoms. The summed E-state index contributed by atoms with van der Waals surface area (Å²) in [6, 6.07) is 6.57. The number of benzene rings is 1. The highest BCUT2D eigenvalue weighted by atomic mass is 16.5. The van der Waals surface area contributed by atoms with Gasteiger partial charge < -0.3 is 15.0 Å². The molecule has 1 unspecified atom stereocenters. The van der Waals surface area contributed by atoms with Crippen LogP contribution >= 0.6 is 0 Å². The van der Waals surface area contributed by atoms with Crippen LogP contribution in [-0.4, -0.2) is 38.1 Å². The second-order valence-electron chi connectivity index (χ2n) is 5.29. The molecule has 20 heavy (non-hydrogen) atoms. The Balaban J connectivity index is 2.05. The molecule has 4 heteroatoms. The second kappa shape index (κ2) is 6.75. The number of nitrogens with zero attached hydrogens (tertiary/aromatic N) is 1. The molecule has 1 amide bonds. The van der Waals surface area contributed by atoms with E-state index < -0.39 is 0 Å². The van der Waals surface area contributed by atoms with Gasteiger partial charge in [0.05, 0.1) is 0 Å². The summed E-state index contributed by atoms with van der Waals surface area (Å²) in [5.74, 6) is 0.791.